The lowest BCUT2D eigenvalue weighted by Gasteiger charge is -2.16. The van der Waals surface area contributed by atoms with Crippen molar-refractivity contribution in [3.63, 3.8) is 0 Å². The van der Waals surface area contributed by atoms with Crippen LogP contribution in [-0.4, -0.2) is 44.7 Å². The first kappa shape index (κ1) is 27.7. The molecule has 1 amide bonds. The molecule has 0 aliphatic heterocycles. The number of benzene rings is 2. The van der Waals surface area contributed by atoms with E-state index in [4.69, 9.17) is 14.6 Å². The minimum atomic E-state index is -5.08. The average Bonchev–Trinajstić information content (AvgIpc) is 3.60. The molecule has 0 bridgehead atoms. The van der Waals surface area contributed by atoms with E-state index in [0.717, 1.165) is 18.4 Å². The number of rotatable bonds is 9. The second-order valence-corrected chi connectivity index (χ2v) is 9.15. The van der Waals surface area contributed by atoms with E-state index in [2.05, 4.69) is 16.6 Å². The van der Waals surface area contributed by atoms with Crippen molar-refractivity contribution >= 4 is 27.6 Å². The number of alkyl halides is 3. The highest BCUT2D eigenvalue weighted by atomic mass is 32.2. The number of carbonyl (C=O) groups is 2. The van der Waals surface area contributed by atoms with Crippen molar-refractivity contribution in [2.45, 2.75) is 36.3 Å². The molecule has 35 heavy (non-hydrogen) atoms. The molecule has 0 heterocycles. The van der Waals surface area contributed by atoms with E-state index in [-0.39, 0.29) is 10.8 Å². The predicted molar refractivity (Wildman–Crippen MR) is 123 cm³/mol. The molecule has 0 radical (unpaired) electrons. The van der Waals surface area contributed by atoms with Crippen molar-refractivity contribution in [1.82, 2.24) is 5.32 Å². The number of carbonyl (C=O) groups excluding carboxylic acids is 1. The van der Waals surface area contributed by atoms with E-state index < -0.39 is 27.6 Å². The molecule has 2 aromatic rings. The standard InChI is InChI=1S/C21H24N2O4S.C2HF3O2/c1-3-15-22-20(24)21(13-14-21)16-5-7-17(8-6-16)23-28(25,26)19-11-9-18(10-12-19)27-4-2;3-2(4,5)1(6)7/h3,5-12,23H,1,4,13-15H2,2H3,(H,22,24);(H,6,7). The molecule has 1 saturated carbocycles. The Bertz CT molecular complexity index is 1140. The molecule has 190 valence electrons. The molecule has 3 rings (SSSR count). The van der Waals surface area contributed by atoms with Crippen molar-refractivity contribution in [2.75, 3.05) is 17.9 Å². The molecule has 2 aromatic carbocycles. The van der Waals surface area contributed by atoms with E-state index in [9.17, 15) is 26.4 Å². The van der Waals surface area contributed by atoms with Crippen LogP contribution in [0.3, 0.4) is 0 Å². The van der Waals surface area contributed by atoms with E-state index in [1.807, 2.05) is 6.92 Å². The second-order valence-electron chi connectivity index (χ2n) is 7.47. The Morgan fingerprint density at radius 1 is 1.11 bits per heavy atom. The van der Waals surface area contributed by atoms with Crippen LogP contribution in [0.5, 0.6) is 5.75 Å². The fourth-order valence-corrected chi connectivity index (χ4v) is 4.12. The van der Waals surface area contributed by atoms with Gasteiger partial charge in [-0.05, 0) is 61.7 Å². The molecule has 3 N–H and O–H groups in total. The highest BCUT2D eigenvalue weighted by Gasteiger charge is 2.50. The normalized spacial score (nSPS) is 14.1. The van der Waals surface area contributed by atoms with Gasteiger partial charge in [-0.2, -0.15) is 13.2 Å². The van der Waals surface area contributed by atoms with Gasteiger partial charge in [-0.1, -0.05) is 18.2 Å². The Morgan fingerprint density at radius 3 is 2.09 bits per heavy atom. The van der Waals surface area contributed by atoms with Crippen molar-refractivity contribution in [3.05, 3.63) is 66.7 Å². The summed E-state index contributed by atoms with van der Waals surface area (Å²) >= 11 is 0. The highest BCUT2D eigenvalue weighted by molar-refractivity contribution is 7.92. The molecule has 0 unspecified atom stereocenters. The number of nitrogens with one attached hydrogen (secondary N) is 2. The van der Waals surface area contributed by atoms with E-state index in [1.54, 1.807) is 42.5 Å². The van der Waals surface area contributed by atoms with Crippen molar-refractivity contribution in [3.8, 4) is 5.75 Å². The Morgan fingerprint density at radius 2 is 1.66 bits per heavy atom. The summed E-state index contributed by atoms with van der Waals surface area (Å²) in [6.07, 6.45) is -1.87. The molecule has 1 aliphatic rings. The third-order valence-electron chi connectivity index (χ3n) is 4.97. The second kappa shape index (κ2) is 11.3. The Labute approximate surface area is 200 Å². The fraction of sp³-hybridized carbons (Fsp3) is 0.304. The fourth-order valence-electron chi connectivity index (χ4n) is 3.06. The van der Waals surface area contributed by atoms with Crippen LogP contribution in [0.4, 0.5) is 18.9 Å². The van der Waals surface area contributed by atoms with Gasteiger partial charge in [0, 0.05) is 12.2 Å². The smallest absolute Gasteiger partial charge is 0.490 e. The molecule has 0 atom stereocenters. The monoisotopic (exact) mass is 514 g/mol. The van der Waals surface area contributed by atoms with Crippen LogP contribution in [-0.2, 0) is 25.0 Å². The summed E-state index contributed by atoms with van der Waals surface area (Å²) in [5.41, 5.74) is 0.827. The number of carboxylic acids is 1. The lowest BCUT2D eigenvalue weighted by atomic mass is 9.95. The number of ether oxygens (including phenoxy) is 1. The Hall–Kier alpha value is -3.54. The first-order chi connectivity index (χ1) is 16.4. The number of halogens is 3. The molecule has 12 heteroatoms. The number of sulfonamides is 1. The first-order valence-electron chi connectivity index (χ1n) is 10.4. The maximum atomic E-state index is 12.6. The number of amides is 1. The zero-order chi connectivity index (χ0) is 26.3. The van der Waals surface area contributed by atoms with Crippen molar-refractivity contribution in [1.29, 1.82) is 0 Å². The van der Waals surface area contributed by atoms with Crippen LogP contribution in [0.25, 0.3) is 0 Å². The molecule has 8 nitrogen and oxygen atoms in total. The lowest BCUT2D eigenvalue weighted by Crippen LogP contribution is -2.34. The topological polar surface area (TPSA) is 122 Å². The summed E-state index contributed by atoms with van der Waals surface area (Å²) in [6.45, 7) is 6.42. The van der Waals surface area contributed by atoms with Crippen LogP contribution >= 0.6 is 0 Å². The summed E-state index contributed by atoms with van der Waals surface area (Å²) in [7, 11) is -3.70. The van der Waals surface area contributed by atoms with Gasteiger partial charge in [-0.15, -0.1) is 6.58 Å². The van der Waals surface area contributed by atoms with E-state index >= 15 is 0 Å². The Kier molecular flexibility index (Phi) is 8.91. The molecule has 0 aromatic heterocycles. The quantitative estimate of drug-likeness (QED) is 0.437. The molecular formula is C23H25F3N2O6S. The van der Waals surface area contributed by atoms with Crippen LogP contribution in [0.1, 0.15) is 25.3 Å². The van der Waals surface area contributed by atoms with E-state index in [1.165, 1.54) is 12.1 Å². The van der Waals surface area contributed by atoms with Gasteiger partial charge >= 0.3 is 12.1 Å². The van der Waals surface area contributed by atoms with Gasteiger partial charge in [0.05, 0.1) is 16.9 Å². The summed E-state index contributed by atoms with van der Waals surface area (Å²) in [5.74, 6) is -2.15. The summed E-state index contributed by atoms with van der Waals surface area (Å²) in [4.78, 5) is 21.4. The SMILES string of the molecule is C=CCNC(=O)C1(c2ccc(NS(=O)(=O)c3ccc(OCC)cc3)cc2)CC1.O=C(O)C(F)(F)F. The van der Waals surface area contributed by atoms with Gasteiger partial charge in [0.25, 0.3) is 10.0 Å². The number of hydrogen-bond donors (Lipinski definition) is 3. The third-order valence-corrected chi connectivity index (χ3v) is 6.37. The van der Waals surface area contributed by atoms with Crippen LogP contribution in [0.2, 0.25) is 0 Å². The summed E-state index contributed by atoms with van der Waals surface area (Å²) < 4.78 is 64.8. The van der Waals surface area contributed by atoms with Crippen LogP contribution in [0.15, 0.2) is 66.1 Å². The van der Waals surface area contributed by atoms with E-state index in [0.29, 0.717) is 24.6 Å². The number of anilines is 1. The van der Waals surface area contributed by atoms with Gasteiger partial charge < -0.3 is 15.2 Å². The van der Waals surface area contributed by atoms with Gasteiger partial charge in [0.2, 0.25) is 5.91 Å². The summed E-state index contributed by atoms with van der Waals surface area (Å²) in [6, 6.07) is 13.2. The molecule has 0 spiro atoms. The molecule has 0 saturated heterocycles. The van der Waals surface area contributed by atoms with Gasteiger partial charge in [-0.25, -0.2) is 13.2 Å². The summed E-state index contributed by atoms with van der Waals surface area (Å²) in [5, 5.41) is 9.97. The minimum Gasteiger partial charge on any atom is -0.494 e. The number of carboxylic acid groups (broad SMARTS) is 1. The third kappa shape index (κ3) is 7.47. The maximum absolute atomic E-state index is 12.6. The predicted octanol–water partition coefficient (Wildman–Crippen LogP) is 3.85. The molecule has 1 fully saturated rings. The minimum absolute atomic E-state index is 0.0184. The van der Waals surface area contributed by atoms with Gasteiger partial charge in [0.1, 0.15) is 5.75 Å². The van der Waals surface area contributed by atoms with Crippen LogP contribution in [0, 0.1) is 0 Å². The zero-order valence-corrected chi connectivity index (χ0v) is 19.6. The molecular weight excluding hydrogens is 489 g/mol. The lowest BCUT2D eigenvalue weighted by molar-refractivity contribution is -0.192. The number of aliphatic carboxylic acids is 1. The highest BCUT2D eigenvalue weighted by Crippen LogP contribution is 2.48. The largest absolute Gasteiger partial charge is 0.494 e. The zero-order valence-electron chi connectivity index (χ0n) is 18.8. The van der Waals surface area contributed by atoms with Crippen molar-refractivity contribution < 1.29 is 41.0 Å². The number of hydrogen-bond acceptors (Lipinski definition) is 5. The molecule has 1 aliphatic carbocycles. The van der Waals surface area contributed by atoms with Crippen molar-refractivity contribution in [2.24, 2.45) is 0 Å². The maximum Gasteiger partial charge on any atom is 0.490 e. The first-order valence-corrected chi connectivity index (χ1v) is 11.9. The average molecular weight is 515 g/mol. The Balaban J connectivity index is 0.000000540. The van der Waals surface area contributed by atoms with Gasteiger partial charge in [0.15, 0.2) is 0 Å². The van der Waals surface area contributed by atoms with Crippen LogP contribution < -0.4 is 14.8 Å². The van der Waals surface area contributed by atoms with Gasteiger partial charge in [-0.3, -0.25) is 9.52 Å².